The number of nitrogens with one attached hydrogen (secondary N) is 1. The van der Waals surface area contributed by atoms with Crippen molar-refractivity contribution in [1.29, 1.82) is 0 Å². The molecule has 4 aromatic rings. The molecule has 0 fully saturated rings. The number of nitrogens with zero attached hydrogens (tertiary/aromatic N) is 2. The maximum absolute atomic E-state index is 12.6. The minimum absolute atomic E-state index is 0.229. The third kappa shape index (κ3) is 3.78. The second-order valence-corrected chi connectivity index (χ2v) is 6.01. The van der Waals surface area contributed by atoms with E-state index in [4.69, 9.17) is 13.7 Å². The minimum Gasteiger partial charge on any atom is -0.497 e. The smallest absolute Gasteiger partial charge is 0.255 e. The number of hydrogen-bond acceptors (Lipinski definition) is 6. The van der Waals surface area contributed by atoms with E-state index in [1.54, 1.807) is 49.8 Å². The van der Waals surface area contributed by atoms with Crippen LogP contribution < -0.4 is 10.1 Å². The fourth-order valence-electron chi connectivity index (χ4n) is 2.75. The lowest BCUT2D eigenvalue weighted by atomic mass is 10.1. The largest absolute Gasteiger partial charge is 0.497 e. The van der Waals surface area contributed by atoms with Crippen LogP contribution in [0.3, 0.4) is 0 Å². The summed E-state index contributed by atoms with van der Waals surface area (Å²) in [5, 5.41) is 6.86. The Hall–Kier alpha value is -3.87. The van der Waals surface area contributed by atoms with Gasteiger partial charge in [-0.2, -0.15) is 4.98 Å². The predicted octanol–water partition coefficient (Wildman–Crippen LogP) is 4.18. The molecule has 2 aromatic carbocycles. The summed E-state index contributed by atoms with van der Waals surface area (Å²) in [5.41, 5.74) is 2.04. The van der Waals surface area contributed by atoms with E-state index in [9.17, 15) is 4.79 Å². The van der Waals surface area contributed by atoms with Crippen LogP contribution in [0, 0.1) is 0 Å². The molecule has 2 aromatic heterocycles. The number of aromatic nitrogens is 2. The van der Waals surface area contributed by atoms with Gasteiger partial charge in [0.05, 0.1) is 19.8 Å². The summed E-state index contributed by atoms with van der Waals surface area (Å²) in [5.74, 6) is 1.74. The van der Waals surface area contributed by atoms with Gasteiger partial charge in [0.2, 0.25) is 11.7 Å². The number of furan rings is 1. The van der Waals surface area contributed by atoms with Crippen molar-refractivity contribution < 1.29 is 18.5 Å². The van der Waals surface area contributed by atoms with Crippen molar-refractivity contribution in [2.24, 2.45) is 0 Å². The molecule has 1 N–H and O–H groups in total. The fraction of sp³-hybridized carbons (Fsp3) is 0.0952. The SMILES string of the molecule is COc1cccc(C(=O)Nc2ccccc2Cc2nc(-c3ccco3)no2)c1. The van der Waals surface area contributed by atoms with Crippen LogP contribution in [0.4, 0.5) is 5.69 Å². The van der Waals surface area contributed by atoms with Gasteiger partial charge in [-0.3, -0.25) is 4.79 Å². The Labute approximate surface area is 161 Å². The van der Waals surface area contributed by atoms with Crippen LogP contribution in [0.15, 0.2) is 75.9 Å². The molecule has 140 valence electrons. The molecule has 1 amide bonds. The number of methoxy groups -OCH3 is 1. The molecule has 0 aliphatic carbocycles. The number of ether oxygens (including phenoxy) is 1. The molecule has 0 unspecified atom stereocenters. The first-order chi connectivity index (χ1) is 13.7. The Morgan fingerprint density at radius 3 is 2.82 bits per heavy atom. The Balaban J connectivity index is 1.53. The molecular formula is C21H17N3O4. The van der Waals surface area contributed by atoms with E-state index in [1.807, 2.05) is 24.3 Å². The highest BCUT2D eigenvalue weighted by atomic mass is 16.5. The van der Waals surface area contributed by atoms with E-state index >= 15 is 0 Å². The Morgan fingerprint density at radius 1 is 1.11 bits per heavy atom. The van der Waals surface area contributed by atoms with Gasteiger partial charge in [0.15, 0.2) is 5.76 Å². The van der Waals surface area contributed by atoms with Gasteiger partial charge in [-0.15, -0.1) is 0 Å². The number of anilines is 1. The van der Waals surface area contributed by atoms with E-state index in [0.717, 1.165) is 5.56 Å². The molecule has 0 saturated heterocycles. The second-order valence-electron chi connectivity index (χ2n) is 6.01. The van der Waals surface area contributed by atoms with Crippen LogP contribution in [-0.2, 0) is 6.42 Å². The zero-order chi connectivity index (χ0) is 19.3. The molecule has 7 heteroatoms. The van der Waals surface area contributed by atoms with E-state index in [-0.39, 0.29) is 5.91 Å². The summed E-state index contributed by atoms with van der Waals surface area (Å²) >= 11 is 0. The molecule has 4 rings (SSSR count). The van der Waals surface area contributed by atoms with Crippen LogP contribution in [0.5, 0.6) is 5.75 Å². The highest BCUT2D eigenvalue weighted by Gasteiger charge is 2.14. The lowest BCUT2D eigenvalue weighted by Gasteiger charge is -2.10. The van der Waals surface area contributed by atoms with Crippen LogP contribution >= 0.6 is 0 Å². The first-order valence-electron chi connectivity index (χ1n) is 8.63. The van der Waals surface area contributed by atoms with Crippen molar-refractivity contribution in [2.45, 2.75) is 6.42 Å². The molecule has 0 bridgehead atoms. The van der Waals surface area contributed by atoms with Gasteiger partial charge in [-0.05, 0) is 42.0 Å². The van der Waals surface area contributed by atoms with Crippen LogP contribution in [-0.4, -0.2) is 23.2 Å². The average Bonchev–Trinajstić information content (AvgIpc) is 3.41. The van der Waals surface area contributed by atoms with Gasteiger partial charge < -0.3 is 19.0 Å². The van der Waals surface area contributed by atoms with Gasteiger partial charge in [0.25, 0.3) is 5.91 Å². The lowest BCUT2D eigenvalue weighted by Crippen LogP contribution is -2.13. The van der Waals surface area contributed by atoms with Crippen LogP contribution in [0.25, 0.3) is 11.6 Å². The highest BCUT2D eigenvalue weighted by Crippen LogP contribution is 2.22. The predicted molar refractivity (Wildman–Crippen MR) is 102 cm³/mol. The summed E-state index contributed by atoms with van der Waals surface area (Å²) in [6.45, 7) is 0. The number of benzene rings is 2. The Morgan fingerprint density at radius 2 is 2.00 bits per heavy atom. The number of carbonyl (C=O) groups is 1. The molecule has 0 aliphatic heterocycles. The number of para-hydroxylation sites is 1. The molecule has 2 heterocycles. The molecule has 0 atom stereocenters. The van der Waals surface area contributed by atoms with Crippen molar-refractivity contribution >= 4 is 11.6 Å². The summed E-state index contributed by atoms with van der Waals surface area (Å²) in [7, 11) is 1.56. The zero-order valence-electron chi connectivity index (χ0n) is 15.1. The van der Waals surface area contributed by atoms with E-state index in [0.29, 0.717) is 40.9 Å². The van der Waals surface area contributed by atoms with Crippen LogP contribution in [0.1, 0.15) is 21.8 Å². The quantitative estimate of drug-likeness (QED) is 0.544. The van der Waals surface area contributed by atoms with Gasteiger partial charge in [-0.25, -0.2) is 0 Å². The van der Waals surface area contributed by atoms with Gasteiger partial charge in [0.1, 0.15) is 5.75 Å². The first kappa shape index (κ1) is 17.5. The molecule has 0 spiro atoms. The fourth-order valence-corrected chi connectivity index (χ4v) is 2.75. The van der Waals surface area contributed by atoms with Crippen molar-refractivity contribution in [3.05, 3.63) is 83.9 Å². The number of hydrogen-bond donors (Lipinski definition) is 1. The van der Waals surface area contributed by atoms with Crippen molar-refractivity contribution in [3.63, 3.8) is 0 Å². The van der Waals surface area contributed by atoms with E-state index < -0.39 is 0 Å². The van der Waals surface area contributed by atoms with Gasteiger partial charge in [-0.1, -0.05) is 29.4 Å². The molecule has 0 aliphatic rings. The molecular weight excluding hydrogens is 358 g/mol. The molecule has 0 radical (unpaired) electrons. The third-order valence-corrected chi connectivity index (χ3v) is 4.15. The Bertz CT molecular complexity index is 1090. The summed E-state index contributed by atoms with van der Waals surface area (Å²) in [6, 6.07) is 18.0. The van der Waals surface area contributed by atoms with Crippen molar-refractivity contribution in [3.8, 4) is 17.3 Å². The average molecular weight is 375 g/mol. The topological polar surface area (TPSA) is 90.4 Å². The molecule has 0 saturated carbocycles. The highest BCUT2D eigenvalue weighted by molar-refractivity contribution is 6.04. The standard InChI is InChI=1S/C21H17N3O4/c1-26-16-8-4-7-15(12-16)21(25)22-17-9-3-2-6-14(17)13-19-23-20(24-28-19)18-10-5-11-27-18/h2-12H,13H2,1H3,(H,22,25). The van der Waals surface area contributed by atoms with Crippen molar-refractivity contribution in [2.75, 3.05) is 12.4 Å². The Kier molecular flexibility index (Phi) is 4.88. The van der Waals surface area contributed by atoms with Gasteiger partial charge in [0, 0.05) is 11.3 Å². The molecule has 7 nitrogen and oxygen atoms in total. The lowest BCUT2D eigenvalue weighted by molar-refractivity contribution is 0.102. The normalized spacial score (nSPS) is 10.6. The van der Waals surface area contributed by atoms with E-state index in [1.165, 1.54) is 0 Å². The number of carbonyl (C=O) groups excluding carboxylic acids is 1. The summed E-state index contributed by atoms with van der Waals surface area (Å²) in [6.07, 6.45) is 1.93. The van der Waals surface area contributed by atoms with E-state index in [2.05, 4.69) is 15.5 Å². The maximum atomic E-state index is 12.6. The monoisotopic (exact) mass is 375 g/mol. The number of rotatable bonds is 6. The third-order valence-electron chi connectivity index (χ3n) is 4.15. The number of amides is 1. The first-order valence-corrected chi connectivity index (χ1v) is 8.63. The molecule has 28 heavy (non-hydrogen) atoms. The summed E-state index contributed by atoms with van der Waals surface area (Å²) in [4.78, 5) is 17.0. The second kappa shape index (κ2) is 7.79. The van der Waals surface area contributed by atoms with Crippen LogP contribution in [0.2, 0.25) is 0 Å². The zero-order valence-corrected chi connectivity index (χ0v) is 15.1. The van der Waals surface area contributed by atoms with Gasteiger partial charge >= 0.3 is 0 Å². The summed E-state index contributed by atoms with van der Waals surface area (Å²) < 4.78 is 15.8. The van der Waals surface area contributed by atoms with Crippen molar-refractivity contribution in [1.82, 2.24) is 10.1 Å². The maximum Gasteiger partial charge on any atom is 0.255 e. The minimum atomic E-state index is -0.229.